The maximum absolute atomic E-state index is 13.4. The van der Waals surface area contributed by atoms with Gasteiger partial charge in [-0.25, -0.2) is 13.2 Å². The number of carbonyl (C=O) groups excluding carboxylic acids is 1. The minimum Gasteiger partial charge on any atom is -0.480 e. The zero-order valence-corrected chi connectivity index (χ0v) is 27.9. The molecule has 270 valence electrons. The van der Waals surface area contributed by atoms with E-state index in [1.807, 2.05) is 41.1 Å². The van der Waals surface area contributed by atoms with Gasteiger partial charge in [0.05, 0.1) is 27.3 Å². The number of benzene rings is 5. The average molecular weight is 763 g/mol. The standard InChI is InChI=1S/C36H25ClF6N2O6S/c37-25-14-15-30(45-52(49,50)27-18-23(35(38,39)40)17-24(19-27)36(41,42)43)29(20-25)33(46)44-31(34(47)48)16-21-10-12-22(13-11-21)28-8-4-5-9-32(28)51-26-6-2-1-3-7-26/h1-15,17-20,31,45H,16H2,(H,44,46)(H,47,48). The fourth-order valence-corrected chi connectivity index (χ4v) is 6.30. The highest BCUT2D eigenvalue weighted by molar-refractivity contribution is 7.92. The van der Waals surface area contributed by atoms with Crippen molar-refractivity contribution in [3.63, 3.8) is 0 Å². The molecule has 1 amide bonds. The van der Waals surface area contributed by atoms with E-state index >= 15 is 0 Å². The van der Waals surface area contributed by atoms with E-state index in [0.29, 0.717) is 17.1 Å². The van der Waals surface area contributed by atoms with Crippen LogP contribution in [0.15, 0.2) is 120 Å². The summed E-state index contributed by atoms with van der Waals surface area (Å²) >= 11 is 6.01. The number of amides is 1. The Labute approximate surface area is 297 Å². The summed E-state index contributed by atoms with van der Waals surface area (Å²) in [7, 11) is -5.19. The van der Waals surface area contributed by atoms with E-state index in [-0.39, 0.29) is 29.6 Å². The molecule has 0 aromatic heterocycles. The summed E-state index contributed by atoms with van der Waals surface area (Å²) in [5.74, 6) is -1.43. The van der Waals surface area contributed by atoms with Gasteiger partial charge in [-0.15, -0.1) is 0 Å². The van der Waals surface area contributed by atoms with E-state index in [9.17, 15) is 49.5 Å². The van der Waals surface area contributed by atoms with E-state index in [2.05, 4.69) is 5.32 Å². The zero-order valence-electron chi connectivity index (χ0n) is 26.3. The van der Waals surface area contributed by atoms with Crippen molar-refractivity contribution in [2.45, 2.75) is 29.7 Å². The number of rotatable bonds is 11. The second-order valence-electron chi connectivity index (χ2n) is 11.2. The van der Waals surface area contributed by atoms with Crippen molar-refractivity contribution in [1.82, 2.24) is 5.32 Å². The quantitative estimate of drug-likeness (QED) is 0.116. The van der Waals surface area contributed by atoms with Crippen molar-refractivity contribution in [2.75, 3.05) is 4.72 Å². The number of hydrogen-bond donors (Lipinski definition) is 3. The molecule has 52 heavy (non-hydrogen) atoms. The summed E-state index contributed by atoms with van der Waals surface area (Å²) in [6, 6.07) is 24.3. The predicted octanol–water partition coefficient (Wildman–Crippen LogP) is 9.06. The van der Waals surface area contributed by atoms with E-state index < -0.39 is 67.6 Å². The Bertz CT molecular complexity index is 2180. The first-order valence-electron chi connectivity index (χ1n) is 15.0. The van der Waals surface area contributed by atoms with E-state index in [1.54, 1.807) is 42.5 Å². The molecule has 3 N–H and O–H groups in total. The molecule has 0 heterocycles. The Balaban J connectivity index is 1.37. The molecule has 0 radical (unpaired) electrons. The first-order valence-corrected chi connectivity index (χ1v) is 16.8. The van der Waals surface area contributed by atoms with Gasteiger partial charge < -0.3 is 15.2 Å². The van der Waals surface area contributed by atoms with Crippen LogP contribution in [0.3, 0.4) is 0 Å². The van der Waals surface area contributed by atoms with Gasteiger partial charge >= 0.3 is 18.3 Å². The molecule has 0 saturated carbocycles. The average Bonchev–Trinajstić information content (AvgIpc) is 3.08. The second kappa shape index (κ2) is 15.0. The fraction of sp³-hybridized carbons (Fsp3) is 0.111. The first-order chi connectivity index (χ1) is 24.4. The topological polar surface area (TPSA) is 122 Å². The number of ether oxygens (including phenoxy) is 1. The lowest BCUT2D eigenvalue weighted by atomic mass is 9.99. The number of hydrogen-bond acceptors (Lipinski definition) is 5. The first kappa shape index (κ1) is 37.7. The number of sulfonamides is 1. The molecule has 0 aliphatic carbocycles. The third-order valence-electron chi connectivity index (χ3n) is 7.51. The number of halogens is 7. The van der Waals surface area contributed by atoms with Crippen molar-refractivity contribution < 1.29 is 54.2 Å². The fourth-order valence-electron chi connectivity index (χ4n) is 4.98. The van der Waals surface area contributed by atoms with Crippen LogP contribution in [0.1, 0.15) is 27.0 Å². The molecule has 1 atom stereocenters. The molecular weight excluding hydrogens is 738 g/mol. The second-order valence-corrected chi connectivity index (χ2v) is 13.3. The lowest BCUT2D eigenvalue weighted by Gasteiger charge is -2.18. The normalized spacial score (nSPS) is 12.5. The molecule has 8 nitrogen and oxygen atoms in total. The van der Waals surface area contributed by atoms with Gasteiger partial charge in [0, 0.05) is 17.0 Å². The Morgan fingerprint density at radius 1 is 0.769 bits per heavy atom. The van der Waals surface area contributed by atoms with Gasteiger partial charge in [-0.1, -0.05) is 72.3 Å². The molecule has 5 aromatic carbocycles. The van der Waals surface area contributed by atoms with Crippen LogP contribution in [0.2, 0.25) is 5.02 Å². The SMILES string of the molecule is O=C(NC(Cc1ccc(-c2ccccc2Oc2ccccc2)cc1)C(=O)O)c1cc(Cl)ccc1NS(=O)(=O)c1cc(C(F)(F)F)cc(C(F)(F)F)c1. The number of carbonyl (C=O) groups is 2. The molecule has 0 fully saturated rings. The zero-order chi connectivity index (χ0) is 37.8. The third kappa shape index (κ3) is 9.22. The largest absolute Gasteiger partial charge is 0.480 e. The van der Waals surface area contributed by atoms with Crippen molar-refractivity contribution >= 4 is 39.2 Å². The third-order valence-corrected chi connectivity index (χ3v) is 9.09. The smallest absolute Gasteiger partial charge is 0.416 e. The Hall–Kier alpha value is -5.54. The van der Waals surface area contributed by atoms with Crippen LogP contribution < -0.4 is 14.8 Å². The van der Waals surface area contributed by atoms with Crippen molar-refractivity contribution in [3.05, 3.63) is 143 Å². The number of anilines is 1. The number of carboxylic acids is 1. The van der Waals surface area contributed by atoms with E-state index in [4.69, 9.17) is 16.3 Å². The highest BCUT2D eigenvalue weighted by Crippen LogP contribution is 2.38. The molecule has 0 spiro atoms. The van der Waals surface area contributed by atoms with Crippen LogP contribution in [0.5, 0.6) is 11.5 Å². The van der Waals surface area contributed by atoms with E-state index in [0.717, 1.165) is 29.3 Å². The maximum Gasteiger partial charge on any atom is 0.416 e. The Kier molecular flexibility index (Phi) is 10.9. The van der Waals surface area contributed by atoms with Crippen molar-refractivity contribution in [2.24, 2.45) is 0 Å². The minimum atomic E-state index is -5.33. The summed E-state index contributed by atoms with van der Waals surface area (Å²) in [5, 5.41) is 12.1. The van der Waals surface area contributed by atoms with Gasteiger partial charge in [-0.3, -0.25) is 9.52 Å². The lowest BCUT2D eigenvalue weighted by Crippen LogP contribution is -2.42. The minimum absolute atomic E-state index is 0.00782. The molecule has 0 aliphatic rings. The van der Waals surface area contributed by atoms with Gasteiger partial charge in [0.15, 0.2) is 0 Å². The Morgan fingerprint density at radius 2 is 1.37 bits per heavy atom. The van der Waals surface area contributed by atoms with Crippen LogP contribution >= 0.6 is 11.6 Å². The summed E-state index contributed by atoms with van der Waals surface area (Å²) in [6.45, 7) is 0. The number of aliphatic carboxylic acids is 1. The number of alkyl halides is 6. The molecule has 0 bridgehead atoms. The summed E-state index contributed by atoms with van der Waals surface area (Å²) < 4.78 is 114. The molecule has 16 heteroatoms. The number of carboxylic acid groups (broad SMARTS) is 1. The summed E-state index contributed by atoms with van der Waals surface area (Å²) in [4.78, 5) is 24.2. The lowest BCUT2D eigenvalue weighted by molar-refractivity contribution is -0.143. The van der Waals surface area contributed by atoms with Crippen LogP contribution in [0, 0.1) is 0 Å². The highest BCUT2D eigenvalue weighted by atomic mass is 35.5. The molecule has 5 aromatic rings. The van der Waals surface area contributed by atoms with Gasteiger partial charge in [0.2, 0.25) is 0 Å². The molecule has 1 unspecified atom stereocenters. The highest BCUT2D eigenvalue weighted by Gasteiger charge is 2.38. The van der Waals surface area contributed by atoms with Gasteiger partial charge in [0.25, 0.3) is 15.9 Å². The van der Waals surface area contributed by atoms with Gasteiger partial charge in [0.1, 0.15) is 17.5 Å². The molecular formula is C36H25ClF6N2O6S. The van der Waals surface area contributed by atoms with Crippen molar-refractivity contribution in [1.29, 1.82) is 0 Å². The maximum atomic E-state index is 13.4. The molecule has 5 rings (SSSR count). The van der Waals surface area contributed by atoms with Gasteiger partial charge in [-0.2, -0.15) is 26.3 Å². The molecule has 0 aliphatic heterocycles. The summed E-state index contributed by atoms with van der Waals surface area (Å²) in [5.41, 5.74) is -2.94. The van der Waals surface area contributed by atoms with Gasteiger partial charge in [-0.05, 0) is 65.7 Å². The molecule has 0 saturated heterocycles. The van der Waals surface area contributed by atoms with Crippen LogP contribution in [0.25, 0.3) is 11.1 Å². The van der Waals surface area contributed by atoms with Crippen LogP contribution in [0.4, 0.5) is 32.0 Å². The number of para-hydroxylation sites is 2. The monoisotopic (exact) mass is 762 g/mol. The Morgan fingerprint density at radius 3 is 1.96 bits per heavy atom. The van der Waals surface area contributed by atoms with Crippen LogP contribution in [-0.2, 0) is 33.6 Å². The van der Waals surface area contributed by atoms with E-state index in [1.165, 1.54) is 0 Å². The summed E-state index contributed by atoms with van der Waals surface area (Å²) in [6.07, 6.45) is -10.9. The predicted molar refractivity (Wildman–Crippen MR) is 180 cm³/mol. The van der Waals surface area contributed by atoms with Crippen LogP contribution in [-0.4, -0.2) is 31.4 Å². The number of nitrogens with one attached hydrogen (secondary N) is 2. The van der Waals surface area contributed by atoms with Crippen molar-refractivity contribution in [3.8, 4) is 22.6 Å².